The van der Waals surface area contributed by atoms with Crippen LogP contribution in [0.15, 0.2) is 21.4 Å². The van der Waals surface area contributed by atoms with E-state index in [0.29, 0.717) is 12.1 Å². The predicted molar refractivity (Wildman–Crippen MR) is 50.5 cm³/mol. The van der Waals surface area contributed by atoms with Crippen molar-refractivity contribution >= 4 is 32.6 Å². The fourth-order valence-corrected chi connectivity index (χ4v) is 2.50. The highest BCUT2D eigenvalue weighted by atomic mass is 35.5. The van der Waals surface area contributed by atoms with E-state index in [1.54, 1.807) is 0 Å². The van der Waals surface area contributed by atoms with E-state index in [1.165, 1.54) is 0 Å². The number of hydrogen-bond acceptors (Lipinski definition) is 3. The van der Waals surface area contributed by atoms with Gasteiger partial charge >= 0.3 is 0 Å². The first-order chi connectivity index (χ1) is 6.90. The zero-order valence-electron chi connectivity index (χ0n) is 6.96. The van der Waals surface area contributed by atoms with Crippen molar-refractivity contribution < 1.29 is 17.2 Å². The van der Waals surface area contributed by atoms with Gasteiger partial charge in [0.05, 0.1) is 5.69 Å². The molecule has 0 unspecified atom stereocenters. The number of sulfonamides is 1. The zero-order chi connectivity index (χ0) is 11.2. The van der Waals surface area contributed by atoms with Crippen molar-refractivity contribution in [3.8, 4) is 0 Å². The standard InChI is InChI=1S/C7H3ClF2N2O2S/c8-7-11-5-1-3(9)4(10)2-6(5)15(13,14)12-7/h1-2H,(H,11,12). The second-order valence-corrected chi connectivity index (χ2v) is 4.68. The summed E-state index contributed by atoms with van der Waals surface area (Å²) < 4.78 is 51.4. The van der Waals surface area contributed by atoms with Crippen molar-refractivity contribution in [2.75, 3.05) is 5.32 Å². The Kier molecular flexibility index (Phi) is 2.16. The van der Waals surface area contributed by atoms with Gasteiger partial charge in [-0.05, 0) is 17.7 Å². The van der Waals surface area contributed by atoms with Crippen LogP contribution in [0.3, 0.4) is 0 Å². The summed E-state index contributed by atoms with van der Waals surface area (Å²) in [7, 11) is -4.04. The van der Waals surface area contributed by atoms with Crippen LogP contribution < -0.4 is 5.32 Å². The lowest BCUT2D eigenvalue weighted by Gasteiger charge is -2.14. The van der Waals surface area contributed by atoms with Crippen LogP contribution in [0.1, 0.15) is 0 Å². The smallest absolute Gasteiger partial charge is 0.287 e. The molecular weight excluding hydrogens is 250 g/mol. The third kappa shape index (κ3) is 1.68. The Morgan fingerprint density at radius 2 is 1.87 bits per heavy atom. The third-order valence-electron chi connectivity index (χ3n) is 1.74. The van der Waals surface area contributed by atoms with Gasteiger partial charge in [0.25, 0.3) is 10.0 Å². The average molecular weight is 253 g/mol. The molecule has 0 saturated carbocycles. The lowest BCUT2D eigenvalue weighted by Crippen LogP contribution is -2.17. The quantitative estimate of drug-likeness (QED) is 0.715. The number of hydrogen-bond donors (Lipinski definition) is 1. The molecule has 1 aliphatic rings. The average Bonchev–Trinajstić information content (AvgIpc) is 2.07. The maximum atomic E-state index is 12.8. The predicted octanol–water partition coefficient (Wildman–Crippen LogP) is 1.67. The maximum absolute atomic E-state index is 12.8. The molecule has 4 nitrogen and oxygen atoms in total. The van der Waals surface area contributed by atoms with Crippen molar-refractivity contribution in [1.29, 1.82) is 0 Å². The lowest BCUT2D eigenvalue weighted by atomic mass is 10.3. The second-order valence-electron chi connectivity index (χ2n) is 2.74. The summed E-state index contributed by atoms with van der Waals surface area (Å²) in [5, 5.41) is 1.90. The minimum Gasteiger partial charge on any atom is -0.329 e. The molecule has 1 heterocycles. The number of amidine groups is 1. The lowest BCUT2D eigenvalue weighted by molar-refractivity contribution is 0.505. The highest BCUT2D eigenvalue weighted by molar-refractivity contribution is 7.90. The third-order valence-corrected chi connectivity index (χ3v) is 3.33. The Morgan fingerprint density at radius 3 is 2.53 bits per heavy atom. The first-order valence-corrected chi connectivity index (χ1v) is 5.48. The Labute approximate surface area is 88.6 Å². The van der Waals surface area contributed by atoms with Crippen LogP contribution >= 0.6 is 11.6 Å². The number of rotatable bonds is 0. The molecule has 1 N–H and O–H groups in total. The Morgan fingerprint density at radius 1 is 1.27 bits per heavy atom. The highest BCUT2D eigenvalue weighted by Crippen LogP contribution is 2.29. The molecule has 0 fully saturated rings. The monoisotopic (exact) mass is 252 g/mol. The molecule has 2 rings (SSSR count). The van der Waals surface area contributed by atoms with Crippen molar-refractivity contribution in [3.05, 3.63) is 23.8 Å². The van der Waals surface area contributed by atoms with Gasteiger partial charge in [-0.25, -0.2) is 8.78 Å². The largest absolute Gasteiger partial charge is 0.329 e. The van der Waals surface area contributed by atoms with Crippen LogP contribution in [0.4, 0.5) is 14.5 Å². The van der Waals surface area contributed by atoms with Crippen molar-refractivity contribution in [2.45, 2.75) is 4.90 Å². The molecule has 0 radical (unpaired) electrons. The number of halogens is 3. The van der Waals surface area contributed by atoms with E-state index in [0.717, 1.165) is 0 Å². The van der Waals surface area contributed by atoms with Crippen molar-refractivity contribution in [2.24, 2.45) is 4.40 Å². The number of fused-ring (bicyclic) bond motifs is 1. The van der Waals surface area contributed by atoms with Gasteiger partial charge in [-0.3, -0.25) is 0 Å². The van der Waals surface area contributed by atoms with E-state index in [1.807, 2.05) is 0 Å². The van der Waals surface area contributed by atoms with Gasteiger partial charge in [0, 0.05) is 6.07 Å². The number of anilines is 1. The van der Waals surface area contributed by atoms with E-state index in [-0.39, 0.29) is 5.69 Å². The molecule has 1 aromatic carbocycles. The van der Waals surface area contributed by atoms with Crippen LogP contribution in [0.25, 0.3) is 0 Å². The second kappa shape index (κ2) is 3.14. The molecule has 0 bridgehead atoms. The summed E-state index contributed by atoms with van der Waals surface area (Å²) >= 11 is 5.36. The van der Waals surface area contributed by atoms with E-state index >= 15 is 0 Å². The van der Waals surface area contributed by atoms with E-state index in [4.69, 9.17) is 11.6 Å². The Balaban J connectivity index is 2.75. The van der Waals surface area contributed by atoms with Crippen LogP contribution in [0.2, 0.25) is 0 Å². The Hall–Kier alpha value is -1.21. The molecule has 1 aromatic rings. The summed E-state index contributed by atoms with van der Waals surface area (Å²) in [6.45, 7) is 0. The zero-order valence-corrected chi connectivity index (χ0v) is 8.53. The van der Waals surface area contributed by atoms with Crippen molar-refractivity contribution in [3.63, 3.8) is 0 Å². The van der Waals surface area contributed by atoms with Crippen LogP contribution in [0, 0.1) is 11.6 Å². The summed E-state index contributed by atoms with van der Waals surface area (Å²) in [5.74, 6) is -2.42. The molecular formula is C7H3ClF2N2O2S. The minimum atomic E-state index is -4.04. The molecule has 8 heteroatoms. The summed E-state index contributed by atoms with van der Waals surface area (Å²) in [4.78, 5) is -0.439. The summed E-state index contributed by atoms with van der Waals surface area (Å²) in [6.07, 6.45) is 0. The molecule has 80 valence electrons. The first kappa shape index (κ1) is 10.3. The van der Waals surface area contributed by atoms with E-state index < -0.39 is 31.8 Å². The van der Waals surface area contributed by atoms with Gasteiger partial charge < -0.3 is 5.32 Å². The topological polar surface area (TPSA) is 58.5 Å². The fourth-order valence-electron chi connectivity index (χ4n) is 1.13. The molecule has 0 aliphatic carbocycles. The molecule has 0 aromatic heterocycles. The molecule has 0 spiro atoms. The minimum absolute atomic E-state index is 0.131. The van der Waals surface area contributed by atoms with Gasteiger partial charge in [-0.1, -0.05) is 0 Å². The highest BCUT2D eigenvalue weighted by Gasteiger charge is 2.26. The molecule has 0 atom stereocenters. The van der Waals surface area contributed by atoms with Crippen molar-refractivity contribution in [1.82, 2.24) is 0 Å². The Bertz CT molecular complexity index is 571. The maximum Gasteiger partial charge on any atom is 0.287 e. The van der Waals surface area contributed by atoms with Gasteiger partial charge in [-0.2, -0.15) is 8.42 Å². The molecule has 1 aliphatic heterocycles. The van der Waals surface area contributed by atoms with E-state index in [9.17, 15) is 17.2 Å². The van der Waals surface area contributed by atoms with Crippen LogP contribution in [-0.2, 0) is 10.0 Å². The van der Waals surface area contributed by atoms with Gasteiger partial charge in [0.1, 0.15) is 4.90 Å². The molecule has 15 heavy (non-hydrogen) atoms. The van der Waals surface area contributed by atoms with Crippen LogP contribution in [-0.4, -0.2) is 13.7 Å². The van der Waals surface area contributed by atoms with E-state index in [2.05, 4.69) is 9.71 Å². The van der Waals surface area contributed by atoms with Gasteiger partial charge in [-0.15, -0.1) is 4.40 Å². The van der Waals surface area contributed by atoms with Gasteiger partial charge in [0.2, 0.25) is 5.29 Å². The summed E-state index contributed by atoms with van der Waals surface area (Å²) in [5.41, 5.74) is -0.131. The van der Waals surface area contributed by atoms with Gasteiger partial charge in [0.15, 0.2) is 11.6 Å². The first-order valence-electron chi connectivity index (χ1n) is 3.67. The molecule has 0 saturated heterocycles. The normalized spacial score (nSPS) is 17.7. The SMILES string of the molecule is O=S1(=O)N=C(Cl)Nc2cc(F)c(F)cc21. The number of nitrogens with zero attached hydrogens (tertiary/aromatic N) is 1. The number of benzene rings is 1. The van der Waals surface area contributed by atoms with Crippen LogP contribution in [0.5, 0.6) is 0 Å². The fraction of sp³-hybridized carbons (Fsp3) is 0. The molecule has 0 amide bonds. The summed E-state index contributed by atoms with van der Waals surface area (Å²) in [6, 6.07) is 1.26. The number of nitrogens with one attached hydrogen (secondary N) is 1.